The quantitative estimate of drug-likeness (QED) is 0.897. The third-order valence-electron chi connectivity index (χ3n) is 4.80. The minimum atomic E-state index is -0.431. The van der Waals surface area contributed by atoms with Crippen LogP contribution in [0.15, 0.2) is 36.4 Å². The van der Waals surface area contributed by atoms with Crippen molar-refractivity contribution in [1.82, 2.24) is 5.32 Å². The van der Waals surface area contributed by atoms with Crippen molar-refractivity contribution in [1.29, 1.82) is 0 Å². The van der Waals surface area contributed by atoms with E-state index in [1.807, 2.05) is 30.3 Å². The zero-order chi connectivity index (χ0) is 17.2. The smallest absolute Gasteiger partial charge is 0.407 e. The number of hydrogen-bond acceptors (Lipinski definition) is 3. The molecule has 1 atom stereocenters. The van der Waals surface area contributed by atoms with E-state index in [1.165, 1.54) is 11.1 Å². The highest BCUT2D eigenvalue weighted by Gasteiger charge is 2.31. The number of halogens is 1. The topological polar surface area (TPSA) is 47.6 Å². The Morgan fingerprint density at radius 1 is 1.24 bits per heavy atom. The number of hydrogen-bond donors (Lipinski definition) is 1. The van der Waals surface area contributed by atoms with E-state index in [1.54, 1.807) is 0 Å². The lowest BCUT2D eigenvalue weighted by Gasteiger charge is -2.13. The molecule has 1 aliphatic heterocycles. The Morgan fingerprint density at radius 2 is 2.08 bits per heavy atom. The third kappa shape index (κ3) is 3.45. The van der Waals surface area contributed by atoms with Crippen LogP contribution in [0.1, 0.15) is 28.7 Å². The van der Waals surface area contributed by atoms with Gasteiger partial charge in [0.25, 0.3) is 0 Å². The Hall–Kier alpha value is -2.20. The Bertz CT molecular complexity index is 791. The Balaban J connectivity index is 1.31. The van der Waals surface area contributed by atoms with Crippen molar-refractivity contribution in [2.45, 2.75) is 38.4 Å². The molecule has 0 spiro atoms. The van der Waals surface area contributed by atoms with Crippen LogP contribution in [-0.4, -0.2) is 18.7 Å². The molecular weight excluding hydrogens is 338 g/mol. The summed E-state index contributed by atoms with van der Waals surface area (Å²) in [5.41, 5.74) is 4.64. The zero-order valence-electron chi connectivity index (χ0n) is 13.9. The molecule has 1 N–H and O–H groups in total. The Kier molecular flexibility index (Phi) is 4.53. The van der Waals surface area contributed by atoms with Crippen LogP contribution in [0.25, 0.3) is 0 Å². The van der Waals surface area contributed by atoms with Gasteiger partial charge in [0.1, 0.15) is 18.5 Å². The summed E-state index contributed by atoms with van der Waals surface area (Å²) < 4.78 is 11.3. The fourth-order valence-corrected chi connectivity index (χ4v) is 3.86. The van der Waals surface area contributed by atoms with Gasteiger partial charge in [-0.15, -0.1) is 0 Å². The van der Waals surface area contributed by atoms with Gasteiger partial charge in [-0.2, -0.15) is 0 Å². The van der Waals surface area contributed by atoms with Crippen LogP contribution in [0.3, 0.4) is 0 Å². The van der Waals surface area contributed by atoms with Crippen LogP contribution in [0.2, 0.25) is 5.02 Å². The standard InChI is InChI=1S/C20H20ClNO3/c21-18-9-14-7-4-8-16(14)19-17(18)10-15(25-19)11-22-20(23)24-12-13-5-2-1-3-6-13/h1-3,5-6,9,15H,4,7-8,10-12H2,(H,22,23). The van der Waals surface area contributed by atoms with E-state index in [2.05, 4.69) is 11.4 Å². The minimum Gasteiger partial charge on any atom is -0.488 e. The van der Waals surface area contributed by atoms with Gasteiger partial charge < -0.3 is 14.8 Å². The second-order valence-corrected chi connectivity index (χ2v) is 6.95. The first-order valence-electron chi connectivity index (χ1n) is 8.65. The van der Waals surface area contributed by atoms with E-state index in [-0.39, 0.29) is 12.7 Å². The summed E-state index contributed by atoms with van der Waals surface area (Å²) in [5.74, 6) is 0.949. The third-order valence-corrected chi connectivity index (χ3v) is 5.14. The number of rotatable bonds is 4. The van der Waals surface area contributed by atoms with Crippen LogP contribution in [-0.2, 0) is 30.6 Å². The van der Waals surface area contributed by atoms with Crippen LogP contribution in [0, 0.1) is 0 Å². The molecule has 0 saturated carbocycles. The van der Waals surface area contributed by atoms with Crippen molar-refractivity contribution in [2.75, 3.05) is 6.54 Å². The van der Waals surface area contributed by atoms with Crippen molar-refractivity contribution in [3.05, 3.63) is 63.7 Å². The molecule has 2 aromatic rings. The number of alkyl carbamates (subject to hydrolysis) is 1. The SMILES string of the molecule is O=C(NCC1Cc2c(Cl)cc3c(c2O1)CCC3)OCc1ccccc1. The molecule has 0 aromatic heterocycles. The monoisotopic (exact) mass is 357 g/mol. The number of nitrogens with one attached hydrogen (secondary N) is 1. The fraction of sp³-hybridized carbons (Fsp3) is 0.350. The molecule has 1 heterocycles. The summed E-state index contributed by atoms with van der Waals surface area (Å²) in [6, 6.07) is 11.7. The highest BCUT2D eigenvalue weighted by molar-refractivity contribution is 6.31. The number of fused-ring (bicyclic) bond motifs is 3. The molecule has 1 amide bonds. The first-order valence-corrected chi connectivity index (χ1v) is 9.03. The van der Waals surface area contributed by atoms with Crippen LogP contribution in [0.5, 0.6) is 5.75 Å². The Labute approximate surface area is 152 Å². The lowest BCUT2D eigenvalue weighted by atomic mass is 10.0. The number of amides is 1. The molecule has 0 bridgehead atoms. The second kappa shape index (κ2) is 6.96. The van der Waals surface area contributed by atoms with E-state index in [9.17, 15) is 4.79 Å². The lowest BCUT2D eigenvalue weighted by molar-refractivity contribution is 0.133. The molecule has 4 nitrogen and oxygen atoms in total. The predicted octanol–water partition coefficient (Wildman–Crippen LogP) is 4.06. The van der Waals surface area contributed by atoms with Gasteiger partial charge in [-0.1, -0.05) is 41.9 Å². The van der Waals surface area contributed by atoms with E-state index in [4.69, 9.17) is 21.1 Å². The summed E-state index contributed by atoms with van der Waals surface area (Å²) in [5, 5.41) is 3.57. The van der Waals surface area contributed by atoms with Gasteiger partial charge in [-0.25, -0.2) is 4.79 Å². The van der Waals surface area contributed by atoms with Crippen molar-refractivity contribution in [3.63, 3.8) is 0 Å². The van der Waals surface area contributed by atoms with E-state index in [0.29, 0.717) is 6.54 Å². The molecule has 0 fully saturated rings. The van der Waals surface area contributed by atoms with Gasteiger partial charge in [0.2, 0.25) is 0 Å². The number of carbonyl (C=O) groups excluding carboxylic acids is 1. The molecule has 0 radical (unpaired) electrons. The normalized spacial score (nSPS) is 17.6. The number of aryl methyl sites for hydroxylation is 1. The maximum absolute atomic E-state index is 11.9. The molecule has 0 saturated heterocycles. The predicted molar refractivity (Wildman–Crippen MR) is 96.2 cm³/mol. The van der Waals surface area contributed by atoms with Gasteiger partial charge in [-0.3, -0.25) is 0 Å². The molecule has 4 rings (SSSR count). The van der Waals surface area contributed by atoms with E-state index >= 15 is 0 Å². The van der Waals surface area contributed by atoms with Crippen molar-refractivity contribution in [2.24, 2.45) is 0 Å². The molecule has 1 aliphatic carbocycles. The zero-order valence-corrected chi connectivity index (χ0v) is 14.6. The van der Waals surface area contributed by atoms with Gasteiger partial charge in [0.05, 0.1) is 6.54 Å². The summed E-state index contributed by atoms with van der Waals surface area (Å²) >= 11 is 6.41. The van der Waals surface area contributed by atoms with Crippen LogP contribution in [0.4, 0.5) is 4.79 Å². The molecular formula is C20H20ClNO3. The van der Waals surface area contributed by atoms with Crippen LogP contribution >= 0.6 is 11.6 Å². The average molecular weight is 358 g/mol. The largest absolute Gasteiger partial charge is 0.488 e. The van der Waals surface area contributed by atoms with E-state index in [0.717, 1.165) is 47.6 Å². The maximum Gasteiger partial charge on any atom is 0.407 e. The number of carbonyl (C=O) groups is 1. The molecule has 2 aliphatic rings. The van der Waals surface area contributed by atoms with Crippen LogP contribution < -0.4 is 10.1 Å². The summed E-state index contributed by atoms with van der Waals surface area (Å²) in [4.78, 5) is 11.9. The first kappa shape index (κ1) is 16.3. The van der Waals surface area contributed by atoms with Gasteiger partial charge >= 0.3 is 6.09 Å². The Morgan fingerprint density at radius 3 is 2.92 bits per heavy atom. The molecule has 2 aromatic carbocycles. The van der Waals surface area contributed by atoms with Gasteiger partial charge in [0, 0.05) is 17.0 Å². The number of benzene rings is 2. The van der Waals surface area contributed by atoms with Gasteiger partial charge in [0.15, 0.2) is 0 Å². The number of ether oxygens (including phenoxy) is 2. The summed E-state index contributed by atoms with van der Waals surface area (Å²) in [7, 11) is 0. The molecule has 1 unspecified atom stereocenters. The summed E-state index contributed by atoms with van der Waals surface area (Å²) in [6.45, 7) is 0.672. The minimum absolute atomic E-state index is 0.0936. The van der Waals surface area contributed by atoms with Crippen molar-refractivity contribution >= 4 is 17.7 Å². The van der Waals surface area contributed by atoms with Crippen molar-refractivity contribution < 1.29 is 14.3 Å². The molecule has 5 heteroatoms. The fourth-order valence-electron chi connectivity index (χ4n) is 3.57. The second-order valence-electron chi connectivity index (χ2n) is 6.54. The molecule has 130 valence electrons. The van der Waals surface area contributed by atoms with Gasteiger partial charge in [-0.05, 0) is 42.0 Å². The first-order chi connectivity index (χ1) is 12.2. The highest BCUT2D eigenvalue weighted by Crippen LogP contribution is 2.42. The highest BCUT2D eigenvalue weighted by atomic mass is 35.5. The van der Waals surface area contributed by atoms with Crippen molar-refractivity contribution in [3.8, 4) is 5.75 Å². The lowest BCUT2D eigenvalue weighted by Crippen LogP contribution is -2.34. The average Bonchev–Trinajstić information content (AvgIpc) is 3.25. The molecule has 25 heavy (non-hydrogen) atoms. The van der Waals surface area contributed by atoms with E-state index < -0.39 is 6.09 Å². The summed E-state index contributed by atoms with van der Waals surface area (Å²) in [6.07, 6.45) is 3.47. The maximum atomic E-state index is 11.9.